The monoisotopic (exact) mass is 400 g/mol. The number of amides is 3. The number of rotatable bonds is 4. The van der Waals surface area contributed by atoms with E-state index >= 15 is 0 Å². The van der Waals surface area contributed by atoms with Crippen molar-refractivity contribution in [3.05, 3.63) is 23.0 Å². The summed E-state index contributed by atoms with van der Waals surface area (Å²) in [6.45, 7) is 3.55. The number of benzene rings is 1. The summed E-state index contributed by atoms with van der Waals surface area (Å²) in [4.78, 5) is 38.6. The molecule has 0 aliphatic carbocycles. The van der Waals surface area contributed by atoms with E-state index in [-0.39, 0.29) is 35.5 Å². The molecule has 0 radical (unpaired) electrons. The highest BCUT2D eigenvalue weighted by Crippen LogP contribution is 2.38. The van der Waals surface area contributed by atoms with Crippen molar-refractivity contribution in [2.75, 3.05) is 18.6 Å². The zero-order valence-corrected chi connectivity index (χ0v) is 15.7. The molecule has 0 aromatic heterocycles. The fourth-order valence-electron chi connectivity index (χ4n) is 3.14. The van der Waals surface area contributed by atoms with E-state index < -0.39 is 36.1 Å². The van der Waals surface area contributed by atoms with Crippen LogP contribution in [0.1, 0.15) is 20.3 Å². The molecule has 27 heavy (non-hydrogen) atoms. The van der Waals surface area contributed by atoms with Gasteiger partial charge in [0, 0.05) is 12.5 Å². The molecule has 10 heteroatoms. The first-order valence-corrected chi connectivity index (χ1v) is 8.65. The highest BCUT2D eigenvalue weighted by atomic mass is 35.5. The average molecular weight is 401 g/mol. The Hall–Kier alpha value is -2.55. The van der Waals surface area contributed by atoms with Gasteiger partial charge in [0.05, 0.1) is 30.5 Å². The van der Waals surface area contributed by atoms with Gasteiger partial charge >= 0.3 is 12.2 Å². The molecule has 3 rings (SSSR count). The third-order valence-electron chi connectivity index (χ3n) is 4.24. The van der Waals surface area contributed by atoms with Crippen LogP contribution in [0.25, 0.3) is 0 Å². The maximum Gasteiger partial charge on any atom is 0.508 e. The van der Waals surface area contributed by atoms with E-state index in [1.54, 1.807) is 13.8 Å². The van der Waals surface area contributed by atoms with Crippen molar-refractivity contribution in [2.24, 2.45) is 0 Å². The lowest BCUT2D eigenvalue weighted by molar-refractivity contribution is -0.119. The van der Waals surface area contributed by atoms with Gasteiger partial charge in [0.25, 0.3) is 5.91 Å². The smallest absolute Gasteiger partial charge is 0.489 e. The summed E-state index contributed by atoms with van der Waals surface area (Å²) in [5.74, 6) is -1.25. The number of halogens is 2. The molecular formula is C17H18ClFN2O6. The molecule has 3 amide bonds. The van der Waals surface area contributed by atoms with E-state index in [4.69, 9.17) is 21.1 Å². The number of hydrogen-bond donors (Lipinski definition) is 0. The van der Waals surface area contributed by atoms with Crippen LogP contribution in [0, 0.1) is 5.82 Å². The Morgan fingerprint density at radius 2 is 2.04 bits per heavy atom. The fraction of sp³-hybridized carbons (Fsp3) is 0.471. The number of hydrogen-bond acceptors (Lipinski definition) is 6. The van der Waals surface area contributed by atoms with E-state index in [0.29, 0.717) is 0 Å². The highest BCUT2D eigenvalue weighted by Gasteiger charge is 2.52. The molecule has 0 bridgehead atoms. The number of ether oxygens (including phenoxy) is 3. The van der Waals surface area contributed by atoms with Gasteiger partial charge in [0.1, 0.15) is 23.7 Å². The maximum atomic E-state index is 14.4. The molecule has 2 fully saturated rings. The van der Waals surface area contributed by atoms with Gasteiger partial charge in [0.2, 0.25) is 0 Å². The molecule has 0 spiro atoms. The predicted molar refractivity (Wildman–Crippen MR) is 92.4 cm³/mol. The standard InChI is InChI=1S/C17H18ClFN2O6/c1-8(2)26-14-6-12(11(19)5-10(14)18)21-15(22)13-4-9(27-17(24)25-3)7-20(13)16(21)23/h5-6,8-9,13H,4,7H2,1-3H3/t9-,13-/m1/s1. The molecule has 0 N–H and O–H groups in total. The average Bonchev–Trinajstić information content (AvgIpc) is 3.10. The van der Waals surface area contributed by atoms with E-state index in [1.165, 1.54) is 11.0 Å². The van der Waals surface area contributed by atoms with Crippen molar-refractivity contribution < 1.29 is 33.0 Å². The molecule has 2 saturated heterocycles. The molecule has 0 unspecified atom stereocenters. The van der Waals surface area contributed by atoms with E-state index in [9.17, 15) is 18.8 Å². The Bertz CT molecular complexity index is 778. The number of carbonyl (C=O) groups excluding carboxylic acids is 3. The third kappa shape index (κ3) is 3.51. The van der Waals surface area contributed by atoms with Crippen molar-refractivity contribution in [2.45, 2.75) is 38.5 Å². The maximum absolute atomic E-state index is 14.4. The summed E-state index contributed by atoms with van der Waals surface area (Å²) in [6, 6.07) is 0.703. The molecule has 146 valence electrons. The SMILES string of the molecule is COC(=O)O[C@@H]1C[C@@H]2C(=O)N(c3cc(OC(C)C)c(Cl)cc3F)C(=O)N2C1. The van der Waals surface area contributed by atoms with Gasteiger partial charge < -0.3 is 19.1 Å². The zero-order chi connectivity index (χ0) is 19.9. The van der Waals surface area contributed by atoms with Gasteiger partial charge in [-0.3, -0.25) is 4.79 Å². The summed E-state index contributed by atoms with van der Waals surface area (Å²) in [5.41, 5.74) is -0.232. The van der Waals surface area contributed by atoms with Gasteiger partial charge in [-0.25, -0.2) is 18.9 Å². The summed E-state index contributed by atoms with van der Waals surface area (Å²) < 4.78 is 29.4. The lowest BCUT2D eigenvalue weighted by atomic mass is 10.1. The van der Waals surface area contributed by atoms with E-state index in [2.05, 4.69) is 4.74 Å². The van der Waals surface area contributed by atoms with Crippen LogP contribution in [0.2, 0.25) is 5.02 Å². The minimum atomic E-state index is -0.892. The van der Waals surface area contributed by atoms with Crippen LogP contribution >= 0.6 is 11.6 Å². The minimum absolute atomic E-state index is 0.0192. The predicted octanol–water partition coefficient (Wildman–Crippen LogP) is 2.96. The summed E-state index contributed by atoms with van der Waals surface area (Å²) in [5, 5.41) is 0.0380. The van der Waals surface area contributed by atoms with Gasteiger partial charge in [-0.1, -0.05) is 11.6 Å². The molecule has 2 heterocycles. The van der Waals surface area contributed by atoms with Crippen LogP contribution in [0.4, 0.5) is 19.7 Å². The first kappa shape index (κ1) is 19.2. The number of methoxy groups -OCH3 is 1. The Morgan fingerprint density at radius 1 is 1.33 bits per heavy atom. The van der Waals surface area contributed by atoms with Crippen molar-refractivity contribution in [1.29, 1.82) is 0 Å². The minimum Gasteiger partial charge on any atom is -0.489 e. The summed E-state index contributed by atoms with van der Waals surface area (Å²) in [6.07, 6.45) is -1.67. The Labute approximate surface area is 159 Å². The van der Waals surface area contributed by atoms with Gasteiger partial charge in [0.15, 0.2) is 0 Å². The van der Waals surface area contributed by atoms with E-state index in [1.807, 2.05) is 0 Å². The molecule has 2 aliphatic heterocycles. The summed E-state index contributed by atoms with van der Waals surface area (Å²) >= 11 is 5.98. The Kier molecular flexibility index (Phi) is 5.14. The molecular weight excluding hydrogens is 383 g/mol. The second-order valence-corrected chi connectivity index (χ2v) is 6.86. The first-order chi connectivity index (χ1) is 12.7. The van der Waals surface area contributed by atoms with Gasteiger partial charge in [-0.15, -0.1) is 0 Å². The Balaban J connectivity index is 1.85. The normalized spacial score (nSPS) is 21.7. The summed E-state index contributed by atoms with van der Waals surface area (Å²) in [7, 11) is 1.16. The number of anilines is 1. The fourth-order valence-corrected chi connectivity index (χ4v) is 3.33. The highest BCUT2D eigenvalue weighted by molar-refractivity contribution is 6.32. The van der Waals surface area contributed by atoms with Crippen LogP contribution in [-0.2, 0) is 14.3 Å². The van der Waals surface area contributed by atoms with Gasteiger partial charge in [-0.05, 0) is 19.9 Å². The molecule has 2 aliphatic rings. The number of carbonyl (C=O) groups is 3. The van der Waals surface area contributed by atoms with Crippen LogP contribution in [0.5, 0.6) is 5.75 Å². The number of fused-ring (bicyclic) bond motifs is 1. The quantitative estimate of drug-likeness (QED) is 0.570. The molecule has 2 atom stereocenters. The van der Waals surface area contributed by atoms with Crippen molar-refractivity contribution in [1.82, 2.24) is 4.90 Å². The lowest BCUT2D eigenvalue weighted by Gasteiger charge is -2.20. The Morgan fingerprint density at radius 3 is 2.63 bits per heavy atom. The number of imide groups is 1. The van der Waals surface area contributed by atoms with E-state index in [0.717, 1.165) is 18.1 Å². The largest absolute Gasteiger partial charge is 0.508 e. The van der Waals surface area contributed by atoms with Crippen molar-refractivity contribution in [3.63, 3.8) is 0 Å². The number of urea groups is 1. The topological polar surface area (TPSA) is 85.4 Å². The second kappa shape index (κ2) is 7.22. The zero-order valence-electron chi connectivity index (χ0n) is 14.9. The second-order valence-electron chi connectivity index (χ2n) is 6.45. The lowest BCUT2D eigenvalue weighted by Crippen LogP contribution is -2.36. The molecule has 0 saturated carbocycles. The third-order valence-corrected chi connectivity index (χ3v) is 4.53. The first-order valence-electron chi connectivity index (χ1n) is 8.27. The molecule has 1 aromatic carbocycles. The van der Waals surface area contributed by atoms with Gasteiger partial charge in [-0.2, -0.15) is 0 Å². The van der Waals surface area contributed by atoms with Crippen LogP contribution in [0.15, 0.2) is 12.1 Å². The van der Waals surface area contributed by atoms with Crippen LogP contribution < -0.4 is 9.64 Å². The molecule has 8 nitrogen and oxygen atoms in total. The number of nitrogens with zero attached hydrogens (tertiary/aromatic N) is 2. The van der Waals surface area contributed by atoms with Crippen molar-refractivity contribution >= 4 is 35.4 Å². The molecule has 1 aromatic rings. The van der Waals surface area contributed by atoms with Crippen molar-refractivity contribution in [3.8, 4) is 5.75 Å². The van der Waals surface area contributed by atoms with Crippen LogP contribution in [0.3, 0.4) is 0 Å². The van der Waals surface area contributed by atoms with Crippen LogP contribution in [-0.4, -0.2) is 54.9 Å².